The van der Waals surface area contributed by atoms with Crippen molar-refractivity contribution in [1.82, 2.24) is 9.97 Å². The van der Waals surface area contributed by atoms with E-state index in [0.29, 0.717) is 11.2 Å². The molecule has 1 saturated heterocycles. The minimum Gasteiger partial charge on any atom is -0.372 e. The molecule has 2 aromatic carbocycles. The fourth-order valence-electron chi connectivity index (χ4n) is 3.00. The highest BCUT2D eigenvalue weighted by atomic mass is 19.1. The van der Waals surface area contributed by atoms with Gasteiger partial charge in [-0.15, -0.1) is 0 Å². The number of aromatic nitrogens is 2. The topological polar surface area (TPSA) is 41.1 Å². The molecule has 1 N–H and O–H groups in total. The van der Waals surface area contributed by atoms with E-state index in [1.54, 1.807) is 6.07 Å². The van der Waals surface area contributed by atoms with Crippen LogP contribution in [0.5, 0.6) is 0 Å². The Hall–Kier alpha value is -2.69. The van der Waals surface area contributed by atoms with E-state index >= 15 is 0 Å². The Kier molecular flexibility index (Phi) is 3.54. The monoisotopic (exact) mass is 308 g/mol. The van der Waals surface area contributed by atoms with E-state index in [1.807, 2.05) is 12.1 Å². The number of hydrogen-bond donors (Lipinski definition) is 1. The summed E-state index contributed by atoms with van der Waals surface area (Å²) in [7, 11) is 0. The van der Waals surface area contributed by atoms with Crippen LogP contribution in [0.4, 0.5) is 21.6 Å². The van der Waals surface area contributed by atoms with Crippen molar-refractivity contribution in [2.45, 2.75) is 12.8 Å². The number of rotatable bonds is 3. The molecule has 4 nitrogen and oxygen atoms in total. The predicted octanol–water partition coefficient (Wildman–Crippen LogP) is 4.11. The third-order valence-corrected chi connectivity index (χ3v) is 4.20. The van der Waals surface area contributed by atoms with Gasteiger partial charge < -0.3 is 10.2 Å². The van der Waals surface area contributed by atoms with Crippen LogP contribution in [0, 0.1) is 5.82 Å². The van der Waals surface area contributed by atoms with Crippen LogP contribution in [-0.2, 0) is 0 Å². The van der Waals surface area contributed by atoms with Crippen LogP contribution in [0.15, 0.2) is 48.8 Å². The van der Waals surface area contributed by atoms with Crippen molar-refractivity contribution in [3.8, 4) is 0 Å². The fraction of sp³-hybridized carbons (Fsp3) is 0.222. The molecule has 0 bridgehead atoms. The molecular formula is C18H17FN4. The summed E-state index contributed by atoms with van der Waals surface area (Å²) >= 11 is 0. The average molecular weight is 308 g/mol. The zero-order valence-electron chi connectivity index (χ0n) is 12.7. The molecule has 0 radical (unpaired) electrons. The molecule has 2 heterocycles. The quantitative estimate of drug-likeness (QED) is 0.790. The van der Waals surface area contributed by atoms with Crippen LogP contribution in [0.3, 0.4) is 0 Å². The van der Waals surface area contributed by atoms with Crippen molar-refractivity contribution in [2.75, 3.05) is 23.3 Å². The van der Waals surface area contributed by atoms with Crippen LogP contribution < -0.4 is 10.2 Å². The summed E-state index contributed by atoms with van der Waals surface area (Å²) in [6.45, 7) is 2.26. The van der Waals surface area contributed by atoms with Crippen molar-refractivity contribution < 1.29 is 4.39 Å². The number of benzene rings is 2. The van der Waals surface area contributed by atoms with Gasteiger partial charge in [0.1, 0.15) is 18.0 Å². The maximum Gasteiger partial charge on any atom is 0.141 e. The van der Waals surface area contributed by atoms with E-state index in [0.717, 1.165) is 24.3 Å². The van der Waals surface area contributed by atoms with Gasteiger partial charge in [-0.1, -0.05) is 0 Å². The zero-order chi connectivity index (χ0) is 15.6. The highest BCUT2D eigenvalue weighted by Crippen LogP contribution is 2.26. The molecule has 3 aromatic rings. The van der Waals surface area contributed by atoms with Crippen LogP contribution in [0.1, 0.15) is 12.8 Å². The van der Waals surface area contributed by atoms with Crippen molar-refractivity contribution in [1.29, 1.82) is 0 Å². The Morgan fingerprint density at radius 1 is 0.957 bits per heavy atom. The average Bonchev–Trinajstić information content (AvgIpc) is 3.11. The van der Waals surface area contributed by atoms with Crippen LogP contribution in [-0.4, -0.2) is 23.1 Å². The standard InChI is InChI=1S/C18H17FN4/c19-13-3-8-17-16(11-13)18(21-12-20-17)22-14-4-6-15(7-5-14)23-9-1-2-10-23/h3-8,11-12H,1-2,9-10H2,(H,20,21,22). The van der Waals surface area contributed by atoms with E-state index < -0.39 is 0 Å². The smallest absolute Gasteiger partial charge is 0.141 e. The lowest BCUT2D eigenvalue weighted by Gasteiger charge is -2.18. The summed E-state index contributed by atoms with van der Waals surface area (Å²) in [5.74, 6) is 0.322. The Morgan fingerprint density at radius 2 is 1.74 bits per heavy atom. The first-order valence-corrected chi connectivity index (χ1v) is 7.82. The maximum absolute atomic E-state index is 13.5. The lowest BCUT2D eigenvalue weighted by molar-refractivity contribution is 0.629. The molecule has 0 atom stereocenters. The normalized spacial score (nSPS) is 14.4. The molecule has 0 unspecified atom stereocenters. The van der Waals surface area contributed by atoms with Gasteiger partial charge in [0.2, 0.25) is 0 Å². The number of anilines is 3. The SMILES string of the molecule is Fc1ccc2ncnc(Nc3ccc(N4CCCC4)cc3)c2c1. The van der Waals surface area contributed by atoms with Gasteiger partial charge in [-0.05, 0) is 55.3 Å². The van der Waals surface area contributed by atoms with Crippen molar-refractivity contribution in [2.24, 2.45) is 0 Å². The summed E-state index contributed by atoms with van der Waals surface area (Å²) in [5, 5.41) is 3.93. The van der Waals surface area contributed by atoms with Gasteiger partial charge in [0, 0.05) is 29.9 Å². The number of fused-ring (bicyclic) bond motifs is 1. The summed E-state index contributed by atoms with van der Waals surface area (Å²) < 4.78 is 13.5. The lowest BCUT2D eigenvalue weighted by Crippen LogP contribution is -2.17. The molecule has 5 heteroatoms. The first-order chi connectivity index (χ1) is 11.3. The second-order valence-corrected chi connectivity index (χ2v) is 5.75. The summed E-state index contributed by atoms with van der Waals surface area (Å²) in [5.41, 5.74) is 2.89. The molecule has 0 amide bonds. The van der Waals surface area contributed by atoms with E-state index in [9.17, 15) is 4.39 Å². The largest absolute Gasteiger partial charge is 0.372 e. The highest BCUT2D eigenvalue weighted by Gasteiger charge is 2.12. The number of nitrogens with zero attached hydrogens (tertiary/aromatic N) is 3. The van der Waals surface area contributed by atoms with Gasteiger partial charge in [-0.2, -0.15) is 0 Å². The van der Waals surface area contributed by atoms with Gasteiger partial charge in [0.25, 0.3) is 0 Å². The highest BCUT2D eigenvalue weighted by molar-refractivity contribution is 5.90. The third-order valence-electron chi connectivity index (χ3n) is 4.20. The van der Waals surface area contributed by atoms with Crippen LogP contribution >= 0.6 is 0 Å². The van der Waals surface area contributed by atoms with Gasteiger partial charge in [-0.25, -0.2) is 14.4 Å². The van der Waals surface area contributed by atoms with Gasteiger partial charge >= 0.3 is 0 Å². The second-order valence-electron chi connectivity index (χ2n) is 5.75. The molecule has 0 spiro atoms. The molecular weight excluding hydrogens is 291 g/mol. The second kappa shape index (κ2) is 5.83. The number of nitrogens with one attached hydrogen (secondary N) is 1. The van der Waals surface area contributed by atoms with E-state index in [2.05, 4.69) is 32.3 Å². The first kappa shape index (κ1) is 13.9. The van der Waals surface area contributed by atoms with Gasteiger partial charge in [-0.3, -0.25) is 0 Å². The van der Waals surface area contributed by atoms with Crippen LogP contribution in [0.2, 0.25) is 0 Å². The van der Waals surface area contributed by atoms with E-state index in [4.69, 9.17) is 0 Å². The van der Waals surface area contributed by atoms with Crippen molar-refractivity contribution in [3.63, 3.8) is 0 Å². The number of hydrogen-bond acceptors (Lipinski definition) is 4. The lowest BCUT2D eigenvalue weighted by atomic mass is 10.2. The molecule has 0 aliphatic carbocycles. The van der Waals surface area contributed by atoms with Gasteiger partial charge in [0.15, 0.2) is 0 Å². The van der Waals surface area contributed by atoms with E-state index in [-0.39, 0.29) is 5.82 Å². The maximum atomic E-state index is 13.5. The molecule has 1 aromatic heterocycles. The van der Waals surface area contributed by atoms with Crippen molar-refractivity contribution >= 4 is 28.1 Å². The fourth-order valence-corrected chi connectivity index (χ4v) is 3.00. The molecule has 1 fully saturated rings. The minimum atomic E-state index is -0.292. The van der Waals surface area contributed by atoms with Crippen molar-refractivity contribution in [3.05, 3.63) is 54.6 Å². The molecule has 4 rings (SSSR count). The summed E-state index contributed by atoms with van der Waals surface area (Å²) in [6, 6.07) is 12.8. The Balaban J connectivity index is 1.61. The molecule has 1 aliphatic heterocycles. The molecule has 0 saturated carbocycles. The minimum absolute atomic E-state index is 0.292. The zero-order valence-corrected chi connectivity index (χ0v) is 12.7. The Labute approximate surface area is 134 Å². The third kappa shape index (κ3) is 2.82. The summed E-state index contributed by atoms with van der Waals surface area (Å²) in [4.78, 5) is 10.8. The predicted molar refractivity (Wildman–Crippen MR) is 90.7 cm³/mol. The van der Waals surface area contributed by atoms with Gasteiger partial charge in [0.05, 0.1) is 5.52 Å². The Morgan fingerprint density at radius 3 is 2.52 bits per heavy atom. The van der Waals surface area contributed by atoms with Crippen LogP contribution in [0.25, 0.3) is 10.9 Å². The van der Waals surface area contributed by atoms with E-state index in [1.165, 1.54) is 37.0 Å². The molecule has 116 valence electrons. The summed E-state index contributed by atoms with van der Waals surface area (Å²) in [6.07, 6.45) is 4.01. The molecule has 1 aliphatic rings. The Bertz CT molecular complexity index is 826. The first-order valence-electron chi connectivity index (χ1n) is 7.82. The number of halogens is 1. The molecule has 23 heavy (non-hydrogen) atoms.